The summed E-state index contributed by atoms with van der Waals surface area (Å²) in [4.78, 5) is 29.5. The molecule has 0 N–H and O–H groups in total. The van der Waals surface area contributed by atoms with Gasteiger partial charge in [0, 0.05) is 24.8 Å². The van der Waals surface area contributed by atoms with E-state index < -0.39 is 5.60 Å². The minimum atomic E-state index is -0.556. The van der Waals surface area contributed by atoms with Crippen LogP contribution in [-0.4, -0.2) is 40.1 Å². The second kappa shape index (κ2) is 9.57. The molecule has 2 rings (SSSR count). The highest BCUT2D eigenvalue weighted by Crippen LogP contribution is 2.21. The molecule has 1 heterocycles. The first-order chi connectivity index (χ1) is 12.7. The first-order valence-corrected chi connectivity index (χ1v) is 10.2. The number of ether oxygens (including phenoxy) is 2. The third kappa shape index (κ3) is 6.52. The van der Waals surface area contributed by atoms with Gasteiger partial charge in [0.25, 0.3) is 5.56 Å². The van der Waals surface area contributed by atoms with Crippen molar-refractivity contribution in [2.75, 3.05) is 19.0 Å². The van der Waals surface area contributed by atoms with Gasteiger partial charge >= 0.3 is 5.97 Å². The van der Waals surface area contributed by atoms with Crippen molar-refractivity contribution < 1.29 is 14.3 Å². The van der Waals surface area contributed by atoms with Gasteiger partial charge in [0.15, 0.2) is 5.16 Å². The van der Waals surface area contributed by atoms with Crippen LogP contribution in [0, 0.1) is 0 Å². The number of esters is 1. The summed E-state index contributed by atoms with van der Waals surface area (Å²) in [7, 11) is 0. The van der Waals surface area contributed by atoms with Gasteiger partial charge in [-0.25, -0.2) is 4.98 Å². The van der Waals surface area contributed by atoms with E-state index in [-0.39, 0.29) is 17.3 Å². The van der Waals surface area contributed by atoms with Crippen LogP contribution in [0.5, 0.6) is 0 Å². The zero-order valence-corrected chi connectivity index (χ0v) is 17.7. The zero-order chi connectivity index (χ0) is 20.0. The summed E-state index contributed by atoms with van der Waals surface area (Å²) in [6.45, 7) is 9.01. The first kappa shape index (κ1) is 21.7. The molecule has 1 aromatic carbocycles. The SMILES string of the molecule is CCOCCCn1c(SCC(=O)OC(C)(C)C)nc2cc(Cl)ccc2c1=O. The van der Waals surface area contributed by atoms with Crippen LogP contribution < -0.4 is 5.56 Å². The molecular weight excluding hydrogens is 388 g/mol. The summed E-state index contributed by atoms with van der Waals surface area (Å²) in [5.41, 5.74) is -0.195. The van der Waals surface area contributed by atoms with Gasteiger partial charge in [-0.1, -0.05) is 23.4 Å². The zero-order valence-electron chi connectivity index (χ0n) is 16.1. The molecule has 0 saturated carbocycles. The van der Waals surface area contributed by atoms with E-state index >= 15 is 0 Å². The molecule has 6 nitrogen and oxygen atoms in total. The maximum atomic E-state index is 12.9. The molecule has 2 aromatic rings. The molecule has 0 bridgehead atoms. The van der Waals surface area contributed by atoms with E-state index in [4.69, 9.17) is 21.1 Å². The Hall–Kier alpha value is -1.57. The number of carbonyl (C=O) groups is 1. The van der Waals surface area contributed by atoms with Gasteiger partial charge in [0.05, 0.1) is 16.7 Å². The van der Waals surface area contributed by atoms with Crippen molar-refractivity contribution >= 4 is 40.2 Å². The van der Waals surface area contributed by atoms with E-state index in [0.29, 0.717) is 47.3 Å². The molecule has 0 aliphatic carbocycles. The number of carbonyl (C=O) groups excluding carboxylic acids is 1. The van der Waals surface area contributed by atoms with Crippen LogP contribution in [0.15, 0.2) is 28.2 Å². The van der Waals surface area contributed by atoms with Crippen molar-refractivity contribution in [1.82, 2.24) is 9.55 Å². The summed E-state index contributed by atoms with van der Waals surface area (Å²) >= 11 is 7.22. The molecule has 1 aromatic heterocycles. The summed E-state index contributed by atoms with van der Waals surface area (Å²) in [5.74, 6) is -0.282. The minimum absolute atomic E-state index is 0.0707. The van der Waals surface area contributed by atoms with Crippen LogP contribution in [0.3, 0.4) is 0 Å². The normalized spacial score (nSPS) is 11.7. The highest BCUT2D eigenvalue weighted by molar-refractivity contribution is 7.99. The highest BCUT2D eigenvalue weighted by Gasteiger charge is 2.18. The van der Waals surface area contributed by atoms with Crippen molar-refractivity contribution in [3.05, 3.63) is 33.6 Å². The molecule has 0 spiro atoms. The van der Waals surface area contributed by atoms with Crippen LogP contribution >= 0.6 is 23.4 Å². The molecule has 0 amide bonds. The number of thioether (sulfide) groups is 1. The predicted molar refractivity (Wildman–Crippen MR) is 109 cm³/mol. The average Bonchev–Trinajstić information content (AvgIpc) is 2.57. The molecule has 27 heavy (non-hydrogen) atoms. The Labute approximate surface area is 168 Å². The monoisotopic (exact) mass is 412 g/mol. The van der Waals surface area contributed by atoms with Crippen LogP contribution in [0.4, 0.5) is 0 Å². The number of rotatable bonds is 8. The summed E-state index contributed by atoms with van der Waals surface area (Å²) < 4.78 is 12.3. The molecule has 0 aliphatic heterocycles. The van der Waals surface area contributed by atoms with E-state index in [1.807, 2.05) is 27.7 Å². The van der Waals surface area contributed by atoms with E-state index in [2.05, 4.69) is 4.98 Å². The van der Waals surface area contributed by atoms with Crippen molar-refractivity contribution in [1.29, 1.82) is 0 Å². The summed E-state index contributed by atoms with van der Waals surface area (Å²) in [6, 6.07) is 5.00. The van der Waals surface area contributed by atoms with Crippen LogP contribution in [0.1, 0.15) is 34.1 Å². The van der Waals surface area contributed by atoms with Crippen LogP contribution in [0.2, 0.25) is 5.02 Å². The van der Waals surface area contributed by atoms with Crippen LogP contribution in [0.25, 0.3) is 10.9 Å². The lowest BCUT2D eigenvalue weighted by molar-refractivity contribution is -0.151. The van der Waals surface area contributed by atoms with Gasteiger partial charge in [0.1, 0.15) is 5.60 Å². The van der Waals surface area contributed by atoms with Gasteiger partial charge < -0.3 is 9.47 Å². The lowest BCUT2D eigenvalue weighted by Crippen LogP contribution is -2.26. The number of aromatic nitrogens is 2. The minimum Gasteiger partial charge on any atom is -0.459 e. The Morgan fingerprint density at radius 1 is 1.33 bits per heavy atom. The van der Waals surface area contributed by atoms with E-state index in [1.54, 1.807) is 22.8 Å². The van der Waals surface area contributed by atoms with Crippen molar-refractivity contribution in [2.45, 2.75) is 51.4 Å². The Bertz CT molecular complexity index is 861. The summed E-state index contributed by atoms with van der Waals surface area (Å²) in [6.07, 6.45) is 0.675. The largest absolute Gasteiger partial charge is 0.459 e. The second-order valence-electron chi connectivity index (χ2n) is 6.94. The van der Waals surface area contributed by atoms with Gasteiger partial charge in [-0.15, -0.1) is 0 Å². The molecule has 8 heteroatoms. The molecule has 0 unspecified atom stereocenters. The number of hydrogen-bond acceptors (Lipinski definition) is 6. The maximum absolute atomic E-state index is 12.9. The molecule has 0 fully saturated rings. The lowest BCUT2D eigenvalue weighted by atomic mass is 10.2. The quantitative estimate of drug-likeness (QED) is 0.283. The Balaban J connectivity index is 2.29. The fraction of sp³-hybridized carbons (Fsp3) is 0.526. The topological polar surface area (TPSA) is 70.4 Å². The van der Waals surface area contributed by atoms with E-state index in [9.17, 15) is 9.59 Å². The average molecular weight is 413 g/mol. The molecule has 0 saturated heterocycles. The smallest absolute Gasteiger partial charge is 0.316 e. The van der Waals surface area contributed by atoms with Gasteiger partial charge in [-0.3, -0.25) is 14.2 Å². The van der Waals surface area contributed by atoms with Crippen molar-refractivity contribution in [3.63, 3.8) is 0 Å². The molecule has 148 valence electrons. The van der Waals surface area contributed by atoms with Crippen molar-refractivity contribution in [3.8, 4) is 0 Å². The molecular formula is C19H25ClN2O4S. The molecule has 0 radical (unpaired) electrons. The molecule has 0 aliphatic rings. The number of fused-ring (bicyclic) bond motifs is 1. The maximum Gasteiger partial charge on any atom is 0.316 e. The molecule has 0 atom stereocenters. The van der Waals surface area contributed by atoms with Crippen molar-refractivity contribution in [2.24, 2.45) is 0 Å². The number of hydrogen-bond donors (Lipinski definition) is 0. The number of nitrogens with zero attached hydrogens (tertiary/aromatic N) is 2. The van der Waals surface area contributed by atoms with E-state index in [1.165, 1.54) is 11.8 Å². The summed E-state index contributed by atoms with van der Waals surface area (Å²) in [5, 5.41) is 1.47. The third-order valence-electron chi connectivity index (χ3n) is 3.50. The first-order valence-electron chi connectivity index (χ1n) is 8.83. The Kier molecular flexibility index (Phi) is 7.70. The van der Waals surface area contributed by atoms with E-state index in [0.717, 1.165) is 0 Å². The number of benzene rings is 1. The number of halogens is 1. The van der Waals surface area contributed by atoms with Gasteiger partial charge in [-0.2, -0.15) is 0 Å². The fourth-order valence-corrected chi connectivity index (χ4v) is 3.41. The van der Waals surface area contributed by atoms with Crippen LogP contribution in [-0.2, 0) is 20.8 Å². The van der Waals surface area contributed by atoms with Gasteiger partial charge in [0.2, 0.25) is 0 Å². The Morgan fingerprint density at radius 3 is 2.74 bits per heavy atom. The standard InChI is InChI=1S/C19H25ClN2O4S/c1-5-25-10-6-9-22-17(24)14-8-7-13(20)11-15(14)21-18(22)27-12-16(23)26-19(2,3)4/h7-8,11H,5-6,9-10,12H2,1-4H3. The van der Waals surface area contributed by atoms with Gasteiger partial charge in [-0.05, 0) is 52.3 Å². The Morgan fingerprint density at radius 2 is 2.07 bits per heavy atom. The fourth-order valence-electron chi connectivity index (χ4n) is 2.44. The second-order valence-corrected chi connectivity index (χ2v) is 8.32. The lowest BCUT2D eigenvalue weighted by Gasteiger charge is -2.19. The highest BCUT2D eigenvalue weighted by atomic mass is 35.5. The third-order valence-corrected chi connectivity index (χ3v) is 4.68. The predicted octanol–water partition coefficient (Wildman–Crippen LogP) is 3.91.